The van der Waals surface area contributed by atoms with Crippen molar-refractivity contribution >= 4 is 0 Å². The van der Waals surface area contributed by atoms with Crippen LogP contribution < -0.4 is 0 Å². The summed E-state index contributed by atoms with van der Waals surface area (Å²) in [5.41, 5.74) is 1.53. The molecule has 2 rings (SSSR count). The van der Waals surface area contributed by atoms with E-state index in [1.807, 2.05) is 12.1 Å². The summed E-state index contributed by atoms with van der Waals surface area (Å²) < 4.78 is 0. The lowest BCUT2D eigenvalue weighted by atomic mass is 10.2. The van der Waals surface area contributed by atoms with Crippen molar-refractivity contribution in [2.75, 3.05) is 13.1 Å². The molecule has 0 amide bonds. The Morgan fingerprint density at radius 1 is 1.67 bits per heavy atom. The predicted molar refractivity (Wildman–Crippen MR) is 54.9 cm³/mol. The number of aromatic nitrogens is 1. The number of pyridine rings is 1. The summed E-state index contributed by atoms with van der Waals surface area (Å²) >= 11 is 0. The molecule has 1 aromatic heterocycles. The molecule has 1 saturated heterocycles. The Hall–Kier alpha value is -1.44. The molecule has 0 unspecified atom stereocenters. The highest BCUT2D eigenvalue weighted by Gasteiger charge is 2.19. The van der Waals surface area contributed by atoms with Crippen LogP contribution in [0.2, 0.25) is 0 Å². The lowest BCUT2D eigenvalue weighted by Gasteiger charge is -2.14. The first-order valence-corrected chi connectivity index (χ1v) is 5.03. The van der Waals surface area contributed by atoms with Crippen molar-refractivity contribution in [1.82, 2.24) is 9.88 Å². The Morgan fingerprint density at radius 3 is 3.20 bits per heavy atom. The smallest absolute Gasteiger partial charge is 0.140 e. The van der Waals surface area contributed by atoms with Gasteiger partial charge in [-0.1, -0.05) is 0 Å². The zero-order valence-corrected chi connectivity index (χ0v) is 8.43. The van der Waals surface area contributed by atoms with E-state index in [0.29, 0.717) is 5.69 Å². The van der Waals surface area contributed by atoms with Crippen LogP contribution in [0.25, 0.3) is 0 Å². The number of nitrogens with zero attached hydrogens (tertiary/aromatic N) is 3. The fourth-order valence-corrected chi connectivity index (χ4v) is 1.85. The van der Waals surface area contributed by atoms with Gasteiger partial charge in [-0.25, -0.2) is 4.98 Å². The maximum absolute atomic E-state index is 9.37. The highest BCUT2D eigenvalue weighted by molar-refractivity contribution is 5.25. The van der Waals surface area contributed by atoms with Crippen LogP contribution >= 0.6 is 0 Å². The second-order valence-electron chi connectivity index (χ2n) is 3.84. The lowest BCUT2D eigenvalue weighted by Crippen LogP contribution is -2.21. The maximum Gasteiger partial charge on any atom is 0.140 e. The molecule has 1 N–H and O–H groups in total. The number of aliphatic hydroxyl groups is 1. The van der Waals surface area contributed by atoms with Crippen molar-refractivity contribution in [2.45, 2.75) is 19.1 Å². The largest absolute Gasteiger partial charge is 0.392 e. The number of hydrogen-bond acceptors (Lipinski definition) is 4. The highest BCUT2D eigenvalue weighted by Crippen LogP contribution is 2.13. The SMILES string of the molecule is N#Cc1cc(CN2CC[C@@H](O)C2)ccn1. The molecular weight excluding hydrogens is 190 g/mol. The predicted octanol–water partition coefficient (Wildman–Crippen LogP) is 0.520. The molecular formula is C11H13N3O. The van der Waals surface area contributed by atoms with Gasteiger partial charge in [0.1, 0.15) is 11.8 Å². The van der Waals surface area contributed by atoms with Gasteiger partial charge in [-0.05, 0) is 24.1 Å². The molecule has 1 aliphatic rings. The first-order chi connectivity index (χ1) is 7.28. The number of hydrogen-bond donors (Lipinski definition) is 1. The van der Waals surface area contributed by atoms with Crippen molar-refractivity contribution in [1.29, 1.82) is 5.26 Å². The van der Waals surface area contributed by atoms with E-state index in [1.54, 1.807) is 12.3 Å². The molecule has 15 heavy (non-hydrogen) atoms. The summed E-state index contributed by atoms with van der Waals surface area (Å²) in [6, 6.07) is 5.73. The number of likely N-dealkylation sites (tertiary alicyclic amines) is 1. The third-order valence-electron chi connectivity index (χ3n) is 2.59. The molecule has 2 heterocycles. The molecule has 0 aliphatic carbocycles. The fraction of sp³-hybridized carbons (Fsp3) is 0.455. The molecule has 0 aromatic carbocycles. The Balaban J connectivity index is 2.02. The zero-order valence-electron chi connectivity index (χ0n) is 8.43. The summed E-state index contributed by atoms with van der Waals surface area (Å²) in [6.45, 7) is 2.43. The van der Waals surface area contributed by atoms with Gasteiger partial charge in [0.15, 0.2) is 0 Å². The lowest BCUT2D eigenvalue weighted by molar-refractivity contribution is 0.175. The second kappa shape index (κ2) is 4.39. The van der Waals surface area contributed by atoms with Crippen LogP contribution in [-0.4, -0.2) is 34.2 Å². The first-order valence-electron chi connectivity index (χ1n) is 5.03. The number of aliphatic hydroxyl groups excluding tert-OH is 1. The van der Waals surface area contributed by atoms with E-state index in [1.165, 1.54) is 0 Å². The Labute approximate surface area is 88.8 Å². The highest BCUT2D eigenvalue weighted by atomic mass is 16.3. The van der Waals surface area contributed by atoms with E-state index in [-0.39, 0.29) is 6.10 Å². The van der Waals surface area contributed by atoms with Crippen molar-refractivity contribution in [3.8, 4) is 6.07 Å². The van der Waals surface area contributed by atoms with Crippen molar-refractivity contribution in [2.24, 2.45) is 0 Å². The molecule has 1 atom stereocenters. The minimum absolute atomic E-state index is 0.192. The van der Waals surface area contributed by atoms with E-state index in [9.17, 15) is 5.11 Å². The van der Waals surface area contributed by atoms with E-state index in [4.69, 9.17) is 5.26 Å². The van der Waals surface area contributed by atoms with Crippen LogP contribution in [0.1, 0.15) is 17.7 Å². The average molecular weight is 203 g/mol. The average Bonchev–Trinajstić information content (AvgIpc) is 2.64. The van der Waals surface area contributed by atoms with Crippen LogP contribution in [0, 0.1) is 11.3 Å². The summed E-state index contributed by atoms with van der Waals surface area (Å²) in [5, 5.41) is 18.1. The van der Waals surface area contributed by atoms with Gasteiger partial charge in [0.25, 0.3) is 0 Å². The minimum atomic E-state index is -0.192. The Kier molecular flexibility index (Phi) is 2.95. The van der Waals surface area contributed by atoms with Crippen LogP contribution in [0.4, 0.5) is 0 Å². The fourth-order valence-electron chi connectivity index (χ4n) is 1.85. The monoisotopic (exact) mass is 203 g/mol. The van der Waals surface area contributed by atoms with Crippen molar-refractivity contribution < 1.29 is 5.11 Å². The van der Waals surface area contributed by atoms with Gasteiger partial charge in [0.05, 0.1) is 6.10 Å². The van der Waals surface area contributed by atoms with Crippen molar-refractivity contribution in [3.05, 3.63) is 29.6 Å². The van der Waals surface area contributed by atoms with E-state index >= 15 is 0 Å². The topological polar surface area (TPSA) is 60.2 Å². The molecule has 0 bridgehead atoms. The third-order valence-corrected chi connectivity index (χ3v) is 2.59. The molecule has 0 radical (unpaired) electrons. The van der Waals surface area contributed by atoms with Gasteiger partial charge in [-0.15, -0.1) is 0 Å². The van der Waals surface area contributed by atoms with Gasteiger partial charge in [0, 0.05) is 25.8 Å². The zero-order chi connectivity index (χ0) is 10.7. The minimum Gasteiger partial charge on any atom is -0.392 e. The van der Waals surface area contributed by atoms with Gasteiger partial charge < -0.3 is 5.11 Å². The summed E-state index contributed by atoms with van der Waals surface area (Å²) in [4.78, 5) is 6.10. The van der Waals surface area contributed by atoms with Crippen molar-refractivity contribution in [3.63, 3.8) is 0 Å². The Bertz CT molecular complexity index is 386. The van der Waals surface area contributed by atoms with E-state index in [0.717, 1.165) is 31.6 Å². The molecule has 1 fully saturated rings. The van der Waals surface area contributed by atoms with E-state index < -0.39 is 0 Å². The van der Waals surface area contributed by atoms with Crippen LogP contribution in [0.3, 0.4) is 0 Å². The summed E-state index contributed by atoms with van der Waals surface area (Å²) in [5.74, 6) is 0. The van der Waals surface area contributed by atoms with Gasteiger partial charge in [0.2, 0.25) is 0 Å². The van der Waals surface area contributed by atoms with Crippen LogP contribution in [-0.2, 0) is 6.54 Å². The molecule has 78 valence electrons. The molecule has 0 spiro atoms. The maximum atomic E-state index is 9.37. The summed E-state index contributed by atoms with van der Waals surface area (Å²) in [7, 11) is 0. The molecule has 4 heteroatoms. The first kappa shape index (κ1) is 10.1. The second-order valence-corrected chi connectivity index (χ2v) is 3.84. The standard InChI is InChI=1S/C11H13N3O/c12-6-10-5-9(1-3-13-10)7-14-4-2-11(15)8-14/h1,3,5,11,15H,2,4,7-8H2/t11-/m1/s1. The molecule has 1 aliphatic heterocycles. The number of nitriles is 1. The van der Waals surface area contributed by atoms with Crippen LogP contribution in [0.15, 0.2) is 18.3 Å². The van der Waals surface area contributed by atoms with Gasteiger partial charge in [-0.3, -0.25) is 4.90 Å². The quantitative estimate of drug-likeness (QED) is 0.761. The summed E-state index contributed by atoms with van der Waals surface area (Å²) in [6.07, 6.45) is 2.30. The van der Waals surface area contributed by atoms with Gasteiger partial charge in [-0.2, -0.15) is 5.26 Å². The third kappa shape index (κ3) is 2.52. The number of β-amino-alcohol motifs (C(OH)–C–C–N with tert-alkyl or cyclic N) is 1. The molecule has 1 aromatic rings. The van der Waals surface area contributed by atoms with Crippen LogP contribution in [0.5, 0.6) is 0 Å². The number of rotatable bonds is 2. The molecule has 0 saturated carbocycles. The van der Waals surface area contributed by atoms with E-state index in [2.05, 4.69) is 9.88 Å². The molecule has 4 nitrogen and oxygen atoms in total. The normalized spacial score (nSPS) is 21.5. The van der Waals surface area contributed by atoms with Gasteiger partial charge >= 0.3 is 0 Å². The Morgan fingerprint density at radius 2 is 2.53 bits per heavy atom.